The number of hydrogen-bond donors (Lipinski definition) is 0. The second-order valence-electron chi connectivity index (χ2n) is 8.34. The number of likely N-dealkylation sites (N-methyl/N-ethyl adjacent to an activating group) is 1. The van der Waals surface area contributed by atoms with E-state index in [1.165, 1.54) is 12.0 Å². The predicted octanol–water partition coefficient (Wildman–Crippen LogP) is 4.50. The van der Waals surface area contributed by atoms with E-state index >= 15 is 0 Å². The SMILES string of the molecule is Cc1nn(C2CCCCO2)c2cnc(N(C)CCOCCCOCc3ccccc3)cc12. The Kier molecular flexibility index (Phi) is 8.09. The zero-order chi connectivity index (χ0) is 22.2. The topological polar surface area (TPSA) is 61.6 Å². The van der Waals surface area contributed by atoms with Crippen molar-refractivity contribution in [3.63, 3.8) is 0 Å². The lowest BCUT2D eigenvalue weighted by Gasteiger charge is -2.23. The number of hydrogen-bond acceptors (Lipinski definition) is 6. The molecule has 7 nitrogen and oxygen atoms in total. The lowest BCUT2D eigenvalue weighted by molar-refractivity contribution is -0.0368. The molecule has 0 N–H and O–H groups in total. The summed E-state index contributed by atoms with van der Waals surface area (Å²) >= 11 is 0. The monoisotopic (exact) mass is 438 g/mol. The third kappa shape index (κ3) is 5.85. The van der Waals surface area contributed by atoms with Gasteiger partial charge in [-0.15, -0.1) is 0 Å². The van der Waals surface area contributed by atoms with Gasteiger partial charge >= 0.3 is 0 Å². The number of ether oxygens (including phenoxy) is 3. The molecular formula is C25H34N4O3. The van der Waals surface area contributed by atoms with Gasteiger partial charge < -0.3 is 19.1 Å². The fraction of sp³-hybridized carbons (Fsp3) is 0.520. The van der Waals surface area contributed by atoms with Crippen LogP contribution in [-0.4, -0.2) is 54.8 Å². The number of pyridine rings is 1. The average Bonchev–Trinajstić information content (AvgIpc) is 3.17. The Labute approximate surface area is 190 Å². The molecule has 1 unspecified atom stereocenters. The van der Waals surface area contributed by atoms with Crippen LogP contribution in [0, 0.1) is 6.92 Å². The van der Waals surface area contributed by atoms with Gasteiger partial charge in [0, 0.05) is 38.8 Å². The van der Waals surface area contributed by atoms with Crippen molar-refractivity contribution in [3.8, 4) is 0 Å². The molecule has 0 aliphatic carbocycles. The third-order valence-electron chi connectivity index (χ3n) is 5.84. The molecule has 1 aromatic carbocycles. The van der Waals surface area contributed by atoms with E-state index in [0.29, 0.717) is 26.4 Å². The number of nitrogens with zero attached hydrogens (tertiary/aromatic N) is 4. The van der Waals surface area contributed by atoms with Gasteiger partial charge in [0.15, 0.2) is 6.23 Å². The molecule has 0 spiro atoms. The molecule has 0 bridgehead atoms. The van der Waals surface area contributed by atoms with Crippen molar-refractivity contribution in [2.24, 2.45) is 0 Å². The minimum Gasteiger partial charge on any atom is -0.380 e. The van der Waals surface area contributed by atoms with E-state index in [1.807, 2.05) is 36.1 Å². The van der Waals surface area contributed by atoms with Gasteiger partial charge in [-0.2, -0.15) is 5.10 Å². The summed E-state index contributed by atoms with van der Waals surface area (Å²) in [4.78, 5) is 6.80. The Hall–Kier alpha value is -2.48. The number of aryl methyl sites for hydroxylation is 1. The molecule has 1 fully saturated rings. The van der Waals surface area contributed by atoms with Crippen molar-refractivity contribution >= 4 is 16.7 Å². The first-order valence-corrected chi connectivity index (χ1v) is 11.6. The summed E-state index contributed by atoms with van der Waals surface area (Å²) in [6.45, 7) is 6.35. The summed E-state index contributed by atoms with van der Waals surface area (Å²) in [6.07, 6.45) is 6.15. The van der Waals surface area contributed by atoms with Crippen molar-refractivity contribution in [3.05, 3.63) is 53.9 Å². The van der Waals surface area contributed by atoms with Crippen LogP contribution < -0.4 is 4.90 Å². The molecule has 0 radical (unpaired) electrons. The zero-order valence-electron chi connectivity index (χ0n) is 19.2. The Bertz CT molecular complexity index is 970. The minimum absolute atomic E-state index is 0.0235. The van der Waals surface area contributed by atoms with E-state index in [-0.39, 0.29) is 6.23 Å². The van der Waals surface area contributed by atoms with Crippen LogP contribution in [0.25, 0.3) is 10.9 Å². The molecule has 3 aromatic rings. The Morgan fingerprint density at radius 2 is 1.97 bits per heavy atom. The number of fused-ring (bicyclic) bond motifs is 1. The molecule has 0 saturated carbocycles. The van der Waals surface area contributed by atoms with Crippen molar-refractivity contribution in [2.45, 2.75) is 45.4 Å². The van der Waals surface area contributed by atoms with Crippen LogP contribution in [0.1, 0.15) is 43.2 Å². The fourth-order valence-corrected chi connectivity index (χ4v) is 3.97. The lowest BCUT2D eigenvalue weighted by atomic mass is 10.2. The molecule has 1 aliphatic heterocycles. The highest BCUT2D eigenvalue weighted by Gasteiger charge is 2.20. The summed E-state index contributed by atoms with van der Waals surface area (Å²) in [5, 5.41) is 5.87. The van der Waals surface area contributed by atoms with E-state index < -0.39 is 0 Å². The van der Waals surface area contributed by atoms with Gasteiger partial charge in [0.1, 0.15) is 5.82 Å². The second-order valence-corrected chi connectivity index (χ2v) is 8.34. The highest BCUT2D eigenvalue weighted by atomic mass is 16.5. The molecule has 2 aromatic heterocycles. The first-order valence-electron chi connectivity index (χ1n) is 11.6. The van der Waals surface area contributed by atoms with Gasteiger partial charge in [0.05, 0.1) is 30.6 Å². The minimum atomic E-state index is 0.0235. The standard InChI is InChI=1S/C25H34N4O3/c1-20-22-17-24(26-18-23(22)29(27-20)25-11-6-7-15-32-25)28(2)12-16-30-13-8-14-31-19-21-9-4-3-5-10-21/h3-5,9-10,17-18,25H,6-8,11-16,19H2,1-2H3. The molecule has 1 atom stereocenters. The number of rotatable bonds is 11. The van der Waals surface area contributed by atoms with Crippen molar-refractivity contribution in [2.75, 3.05) is 44.9 Å². The summed E-state index contributed by atoms with van der Waals surface area (Å²) < 4.78 is 19.4. The predicted molar refractivity (Wildman–Crippen MR) is 126 cm³/mol. The van der Waals surface area contributed by atoms with Gasteiger partial charge in [-0.05, 0) is 44.2 Å². The number of anilines is 1. The van der Waals surface area contributed by atoms with Crippen LogP contribution in [0.15, 0.2) is 42.6 Å². The van der Waals surface area contributed by atoms with E-state index in [9.17, 15) is 0 Å². The van der Waals surface area contributed by atoms with Gasteiger partial charge in [0.25, 0.3) is 0 Å². The average molecular weight is 439 g/mol. The first kappa shape index (κ1) is 22.7. The van der Waals surface area contributed by atoms with Gasteiger partial charge in [-0.25, -0.2) is 9.67 Å². The highest BCUT2D eigenvalue weighted by molar-refractivity contribution is 5.83. The van der Waals surface area contributed by atoms with Crippen molar-refractivity contribution < 1.29 is 14.2 Å². The molecule has 4 rings (SSSR count). The van der Waals surface area contributed by atoms with E-state index in [0.717, 1.165) is 54.8 Å². The summed E-state index contributed by atoms with van der Waals surface area (Å²) in [7, 11) is 2.05. The van der Waals surface area contributed by atoms with Crippen LogP contribution >= 0.6 is 0 Å². The van der Waals surface area contributed by atoms with E-state index in [4.69, 9.17) is 19.3 Å². The molecule has 1 aliphatic rings. The molecular weight excluding hydrogens is 404 g/mol. The molecule has 7 heteroatoms. The largest absolute Gasteiger partial charge is 0.380 e. The molecule has 3 heterocycles. The molecule has 172 valence electrons. The van der Waals surface area contributed by atoms with Crippen LogP contribution in [0.2, 0.25) is 0 Å². The maximum atomic E-state index is 5.92. The second kappa shape index (κ2) is 11.4. The van der Waals surface area contributed by atoms with Crippen LogP contribution in [0.4, 0.5) is 5.82 Å². The Morgan fingerprint density at radius 3 is 2.78 bits per heavy atom. The van der Waals surface area contributed by atoms with Crippen LogP contribution in [0.5, 0.6) is 0 Å². The van der Waals surface area contributed by atoms with Crippen molar-refractivity contribution in [1.82, 2.24) is 14.8 Å². The summed E-state index contributed by atoms with van der Waals surface area (Å²) in [5.41, 5.74) is 3.25. The maximum absolute atomic E-state index is 5.92. The lowest BCUT2D eigenvalue weighted by Crippen LogP contribution is -2.24. The third-order valence-corrected chi connectivity index (χ3v) is 5.84. The smallest absolute Gasteiger partial charge is 0.150 e. The first-order chi connectivity index (χ1) is 15.7. The van der Waals surface area contributed by atoms with E-state index in [2.05, 4.69) is 35.0 Å². The van der Waals surface area contributed by atoms with E-state index in [1.54, 1.807) is 0 Å². The molecule has 0 amide bonds. The quantitative estimate of drug-likeness (QED) is 0.411. The van der Waals surface area contributed by atoms with Crippen LogP contribution in [-0.2, 0) is 20.8 Å². The maximum Gasteiger partial charge on any atom is 0.150 e. The van der Waals surface area contributed by atoms with Gasteiger partial charge in [-0.1, -0.05) is 30.3 Å². The summed E-state index contributed by atoms with van der Waals surface area (Å²) in [6, 6.07) is 12.4. The van der Waals surface area contributed by atoms with Crippen molar-refractivity contribution in [1.29, 1.82) is 0 Å². The van der Waals surface area contributed by atoms with Gasteiger partial charge in [0.2, 0.25) is 0 Å². The number of aromatic nitrogens is 3. The number of benzene rings is 1. The normalized spacial score (nSPS) is 16.5. The highest BCUT2D eigenvalue weighted by Crippen LogP contribution is 2.29. The van der Waals surface area contributed by atoms with Gasteiger partial charge in [-0.3, -0.25) is 0 Å². The zero-order valence-corrected chi connectivity index (χ0v) is 19.2. The molecule has 1 saturated heterocycles. The Balaban J connectivity index is 1.20. The molecule has 32 heavy (non-hydrogen) atoms. The van der Waals surface area contributed by atoms with Crippen LogP contribution in [0.3, 0.4) is 0 Å². The Morgan fingerprint density at radius 1 is 1.12 bits per heavy atom. The summed E-state index contributed by atoms with van der Waals surface area (Å²) in [5.74, 6) is 0.930. The fourth-order valence-electron chi connectivity index (χ4n) is 3.97.